The van der Waals surface area contributed by atoms with Crippen molar-refractivity contribution in [1.29, 1.82) is 0 Å². The molecule has 0 aliphatic carbocycles. The first kappa shape index (κ1) is 26.2. The van der Waals surface area contributed by atoms with Gasteiger partial charge in [-0.15, -0.1) is 0 Å². The number of hydrogen-bond donors (Lipinski definition) is 0. The number of hydrogen-bond acceptors (Lipinski definition) is 6. The highest BCUT2D eigenvalue weighted by Crippen LogP contribution is 2.35. The molecule has 0 heterocycles. The maximum absolute atomic E-state index is 12.3. The molecule has 0 rings (SSSR count). The van der Waals surface area contributed by atoms with Crippen LogP contribution in [0.5, 0.6) is 0 Å². The van der Waals surface area contributed by atoms with Gasteiger partial charge in [0.2, 0.25) is 0 Å². The minimum absolute atomic E-state index is 0.0140. The zero-order chi connectivity index (χ0) is 21.0. The van der Waals surface area contributed by atoms with Gasteiger partial charge in [-0.3, -0.25) is 0 Å². The Kier molecular flexibility index (Phi) is 13.0. The number of aldehydes is 2. The molecule has 27 heavy (non-hydrogen) atoms. The molecule has 0 fully saturated rings. The Morgan fingerprint density at radius 3 is 0.926 bits per heavy atom. The Morgan fingerprint density at radius 1 is 0.556 bits per heavy atom. The summed E-state index contributed by atoms with van der Waals surface area (Å²) in [5.74, 6) is -0.845. The summed E-state index contributed by atoms with van der Waals surface area (Å²) < 4.78 is 23.1. The second-order valence-electron chi connectivity index (χ2n) is 8.16. The second-order valence-corrected chi connectivity index (χ2v) is 8.16. The van der Waals surface area contributed by atoms with Crippen LogP contribution in [0.1, 0.15) is 55.4 Å². The molecule has 0 aromatic rings. The molecule has 0 unspecified atom stereocenters. The van der Waals surface area contributed by atoms with Crippen molar-refractivity contribution in [3.63, 3.8) is 0 Å². The van der Waals surface area contributed by atoms with E-state index in [-0.39, 0.29) is 50.8 Å². The topological polar surface area (TPSA) is 71.1 Å². The van der Waals surface area contributed by atoms with Crippen molar-refractivity contribution in [3.8, 4) is 0 Å². The van der Waals surface area contributed by atoms with Gasteiger partial charge in [-0.25, -0.2) is 0 Å². The molecule has 0 aliphatic heterocycles. The van der Waals surface area contributed by atoms with Crippen molar-refractivity contribution < 1.29 is 28.5 Å². The maximum Gasteiger partial charge on any atom is 0.134 e. The molecule has 6 heteroatoms. The van der Waals surface area contributed by atoms with E-state index in [1.54, 1.807) is 0 Å². The molecule has 0 amide bonds. The van der Waals surface area contributed by atoms with Crippen molar-refractivity contribution in [2.45, 2.75) is 79.8 Å². The lowest BCUT2D eigenvalue weighted by Crippen LogP contribution is -2.49. The van der Waals surface area contributed by atoms with E-state index in [4.69, 9.17) is 18.9 Å². The van der Waals surface area contributed by atoms with Gasteiger partial charge in [0.1, 0.15) is 12.6 Å². The summed E-state index contributed by atoms with van der Waals surface area (Å²) in [4.78, 5) is 24.5. The van der Waals surface area contributed by atoms with Crippen LogP contribution in [0.3, 0.4) is 0 Å². The predicted molar refractivity (Wildman–Crippen MR) is 106 cm³/mol. The fourth-order valence-electron chi connectivity index (χ4n) is 2.65. The van der Waals surface area contributed by atoms with Crippen molar-refractivity contribution in [3.05, 3.63) is 0 Å². The van der Waals surface area contributed by atoms with Gasteiger partial charge in [-0.2, -0.15) is 0 Å². The van der Waals surface area contributed by atoms with E-state index in [9.17, 15) is 9.59 Å². The van der Waals surface area contributed by atoms with E-state index in [1.165, 1.54) is 0 Å². The molecule has 0 atom stereocenters. The average Bonchev–Trinajstić information content (AvgIpc) is 2.57. The number of ether oxygens (including phenoxy) is 4. The summed E-state index contributed by atoms with van der Waals surface area (Å²) in [6.45, 7) is 16.4. The van der Waals surface area contributed by atoms with E-state index in [0.717, 1.165) is 12.6 Å². The van der Waals surface area contributed by atoms with Crippen LogP contribution in [-0.2, 0) is 28.5 Å². The minimum atomic E-state index is -1.30. The van der Waals surface area contributed by atoms with E-state index >= 15 is 0 Å². The minimum Gasteiger partial charge on any atom is -0.378 e. The van der Waals surface area contributed by atoms with E-state index in [2.05, 4.69) is 0 Å². The third-order valence-electron chi connectivity index (χ3n) is 4.35. The normalized spacial score (nSPS) is 13.0. The number of carbonyl (C=O) groups excluding carboxylic acids is 2. The summed E-state index contributed by atoms with van der Waals surface area (Å²) >= 11 is 0. The Morgan fingerprint density at radius 2 is 0.778 bits per heavy atom. The zero-order valence-corrected chi connectivity index (χ0v) is 18.4. The van der Waals surface area contributed by atoms with Crippen LogP contribution in [0.25, 0.3) is 0 Å². The predicted octanol–water partition coefficient (Wildman–Crippen LogP) is 3.30. The third kappa shape index (κ3) is 9.79. The van der Waals surface area contributed by atoms with E-state index in [0.29, 0.717) is 0 Å². The van der Waals surface area contributed by atoms with Crippen molar-refractivity contribution in [2.75, 3.05) is 26.4 Å². The molecule has 0 saturated carbocycles. The highest BCUT2D eigenvalue weighted by molar-refractivity contribution is 5.84. The summed E-state index contributed by atoms with van der Waals surface area (Å²) in [5.41, 5.74) is -1.30. The average molecular weight is 389 g/mol. The van der Waals surface area contributed by atoms with Gasteiger partial charge in [-0.1, -0.05) is 0 Å². The summed E-state index contributed by atoms with van der Waals surface area (Å²) in [5, 5.41) is 0. The van der Waals surface area contributed by atoms with Crippen LogP contribution in [0, 0.1) is 17.3 Å². The molecule has 0 aromatic heterocycles. The molecular formula is C21H40O6. The molecular weight excluding hydrogens is 348 g/mol. The third-order valence-corrected chi connectivity index (χ3v) is 4.35. The number of rotatable bonds is 16. The van der Waals surface area contributed by atoms with E-state index in [1.807, 2.05) is 55.4 Å². The molecule has 6 nitrogen and oxygen atoms in total. The fraction of sp³-hybridized carbons (Fsp3) is 0.905. The van der Waals surface area contributed by atoms with Gasteiger partial charge < -0.3 is 28.5 Å². The van der Waals surface area contributed by atoms with Gasteiger partial charge in [0, 0.05) is 11.8 Å². The first-order valence-corrected chi connectivity index (χ1v) is 9.98. The summed E-state index contributed by atoms with van der Waals surface area (Å²) in [6.07, 6.45) is 1.41. The monoisotopic (exact) mass is 388 g/mol. The Bertz CT molecular complexity index is 343. The summed E-state index contributed by atoms with van der Waals surface area (Å²) in [6, 6.07) is 0. The lowest BCUT2D eigenvalue weighted by atomic mass is 9.69. The quantitative estimate of drug-likeness (QED) is 0.298. The first-order valence-electron chi connectivity index (χ1n) is 9.98. The Labute approximate surface area is 165 Å². The van der Waals surface area contributed by atoms with Gasteiger partial charge in [0.05, 0.1) is 56.3 Å². The standard InChI is InChI=1S/C21H40O6/c1-15(2)24-9-19(10-25-16(3)4)21(13-22,14-23)20(11-26-17(5)6)12-27-18(7)8/h13-20H,9-12H2,1-8H3. The molecule has 0 aliphatic rings. The highest BCUT2D eigenvalue weighted by atomic mass is 16.5. The molecule has 160 valence electrons. The zero-order valence-electron chi connectivity index (χ0n) is 18.4. The van der Waals surface area contributed by atoms with Crippen LogP contribution < -0.4 is 0 Å². The molecule has 0 spiro atoms. The van der Waals surface area contributed by atoms with Gasteiger partial charge >= 0.3 is 0 Å². The smallest absolute Gasteiger partial charge is 0.134 e. The van der Waals surface area contributed by atoms with Crippen LogP contribution in [-0.4, -0.2) is 63.4 Å². The molecule has 0 bridgehead atoms. The van der Waals surface area contributed by atoms with Crippen molar-refractivity contribution >= 4 is 12.6 Å². The van der Waals surface area contributed by atoms with Crippen LogP contribution >= 0.6 is 0 Å². The highest BCUT2D eigenvalue weighted by Gasteiger charge is 2.46. The van der Waals surface area contributed by atoms with Crippen molar-refractivity contribution in [2.24, 2.45) is 17.3 Å². The second kappa shape index (κ2) is 13.4. The van der Waals surface area contributed by atoms with E-state index < -0.39 is 17.3 Å². The Balaban J connectivity index is 5.72. The first-order chi connectivity index (χ1) is 12.6. The Hall–Kier alpha value is -0.820. The van der Waals surface area contributed by atoms with Gasteiger partial charge in [-0.05, 0) is 55.4 Å². The lowest BCUT2D eigenvalue weighted by Gasteiger charge is -2.39. The largest absolute Gasteiger partial charge is 0.378 e. The molecule has 0 saturated heterocycles. The van der Waals surface area contributed by atoms with Crippen LogP contribution in [0.4, 0.5) is 0 Å². The molecule has 0 aromatic carbocycles. The van der Waals surface area contributed by atoms with Gasteiger partial charge in [0.15, 0.2) is 0 Å². The number of carbonyl (C=O) groups is 2. The lowest BCUT2D eigenvalue weighted by molar-refractivity contribution is -0.150. The van der Waals surface area contributed by atoms with Gasteiger partial charge in [0.25, 0.3) is 0 Å². The fourth-order valence-corrected chi connectivity index (χ4v) is 2.65. The molecule has 0 radical (unpaired) electrons. The SMILES string of the molecule is CC(C)OCC(COC(C)C)C(C=O)(C=O)C(COC(C)C)COC(C)C. The van der Waals surface area contributed by atoms with Crippen LogP contribution in [0.2, 0.25) is 0 Å². The summed E-state index contributed by atoms with van der Waals surface area (Å²) in [7, 11) is 0. The van der Waals surface area contributed by atoms with Crippen molar-refractivity contribution in [1.82, 2.24) is 0 Å². The van der Waals surface area contributed by atoms with Crippen LogP contribution in [0.15, 0.2) is 0 Å². The maximum atomic E-state index is 12.3. The molecule has 0 N–H and O–H groups in total.